The minimum atomic E-state index is 0.327. The molecule has 0 unspecified atom stereocenters. The summed E-state index contributed by atoms with van der Waals surface area (Å²) in [5.74, 6) is 1.85. The van der Waals surface area contributed by atoms with Gasteiger partial charge in [0.2, 0.25) is 5.91 Å². The van der Waals surface area contributed by atoms with Crippen LogP contribution in [0, 0.1) is 11.8 Å². The molecule has 0 aromatic heterocycles. The van der Waals surface area contributed by atoms with E-state index in [2.05, 4.69) is 24.1 Å². The predicted octanol–water partition coefficient (Wildman–Crippen LogP) is 2.80. The molecule has 0 saturated heterocycles. The highest BCUT2D eigenvalue weighted by Crippen LogP contribution is 2.27. The lowest BCUT2D eigenvalue weighted by molar-refractivity contribution is -0.132. The smallest absolute Gasteiger partial charge is 0.236 e. The summed E-state index contributed by atoms with van der Waals surface area (Å²) in [6.45, 7) is 7.01. The van der Waals surface area contributed by atoms with Gasteiger partial charge in [0.05, 0.1) is 6.54 Å². The summed E-state index contributed by atoms with van der Waals surface area (Å²) in [6.07, 6.45) is 8.85. The number of carbonyl (C=O) groups is 1. The van der Waals surface area contributed by atoms with Crippen molar-refractivity contribution in [3.8, 4) is 0 Å². The molecule has 2 rings (SSSR count). The van der Waals surface area contributed by atoms with Gasteiger partial charge >= 0.3 is 0 Å². The summed E-state index contributed by atoms with van der Waals surface area (Å²) in [4.78, 5) is 14.6. The zero-order valence-electron chi connectivity index (χ0n) is 12.7. The summed E-state index contributed by atoms with van der Waals surface area (Å²) in [7, 11) is 0. The third-order valence-corrected chi connectivity index (χ3v) is 4.44. The molecular formula is C16H30N2O. The van der Waals surface area contributed by atoms with Gasteiger partial charge in [-0.2, -0.15) is 0 Å². The van der Waals surface area contributed by atoms with E-state index in [1.165, 1.54) is 38.5 Å². The third-order valence-electron chi connectivity index (χ3n) is 4.44. The Kier molecular flexibility index (Phi) is 5.68. The minimum absolute atomic E-state index is 0.327. The van der Waals surface area contributed by atoms with Crippen LogP contribution in [-0.4, -0.2) is 36.5 Å². The first-order valence-corrected chi connectivity index (χ1v) is 8.17. The van der Waals surface area contributed by atoms with E-state index in [4.69, 9.17) is 0 Å². The van der Waals surface area contributed by atoms with Crippen molar-refractivity contribution in [2.24, 2.45) is 11.8 Å². The molecule has 0 aliphatic heterocycles. The van der Waals surface area contributed by atoms with Crippen LogP contribution in [0.3, 0.4) is 0 Å². The largest absolute Gasteiger partial charge is 0.339 e. The van der Waals surface area contributed by atoms with Gasteiger partial charge in [-0.1, -0.05) is 26.7 Å². The Morgan fingerprint density at radius 1 is 1.21 bits per heavy atom. The summed E-state index contributed by atoms with van der Waals surface area (Å²) < 4.78 is 0. The van der Waals surface area contributed by atoms with Crippen LogP contribution in [0.25, 0.3) is 0 Å². The summed E-state index contributed by atoms with van der Waals surface area (Å²) in [6, 6.07) is 0.522. The molecule has 2 saturated carbocycles. The average Bonchev–Trinajstić information content (AvgIpc) is 3.03. The lowest BCUT2D eigenvalue weighted by atomic mass is 10.1. The highest BCUT2D eigenvalue weighted by molar-refractivity contribution is 5.78. The van der Waals surface area contributed by atoms with Gasteiger partial charge in [0.15, 0.2) is 0 Å². The van der Waals surface area contributed by atoms with Crippen molar-refractivity contribution >= 4 is 5.91 Å². The molecule has 3 heteroatoms. The maximum Gasteiger partial charge on any atom is 0.236 e. The molecule has 1 amide bonds. The summed E-state index contributed by atoms with van der Waals surface area (Å²) in [5, 5.41) is 3.35. The molecule has 2 fully saturated rings. The molecule has 0 aromatic carbocycles. The van der Waals surface area contributed by atoms with Crippen molar-refractivity contribution in [2.75, 3.05) is 19.6 Å². The standard InChI is InChI=1S/C16H30N2O/c1-13(2)9-10-18(15-5-3-4-6-15)16(19)12-17-11-14-7-8-14/h13-15,17H,3-12H2,1-2H3. The molecule has 2 aliphatic carbocycles. The zero-order chi connectivity index (χ0) is 13.7. The van der Waals surface area contributed by atoms with E-state index in [0.717, 1.165) is 25.4 Å². The van der Waals surface area contributed by atoms with E-state index >= 15 is 0 Å². The number of carbonyl (C=O) groups excluding carboxylic acids is 1. The first kappa shape index (κ1) is 14.8. The Labute approximate surface area is 118 Å². The van der Waals surface area contributed by atoms with Gasteiger partial charge < -0.3 is 10.2 Å². The van der Waals surface area contributed by atoms with Crippen molar-refractivity contribution in [1.82, 2.24) is 10.2 Å². The second-order valence-corrected chi connectivity index (χ2v) is 6.78. The normalized spacial score (nSPS) is 20.2. The Balaban J connectivity index is 1.77. The number of nitrogens with one attached hydrogen (secondary N) is 1. The molecule has 1 N–H and O–H groups in total. The van der Waals surface area contributed by atoms with Crippen LogP contribution < -0.4 is 5.32 Å². The number of nitrogens with zero attached hydrogens (tertiary/aromatic N) is 1. The summed E-state index contributed by atoms with van der Waals surface area (Å²) >= 11 is 0. The fraction of sp³-hybridized carbons (Fsp3) is 0.938. The highest BCUT2D eigenvalue weighted by Gasteiger charge is 2.27. The van der Waals surface area contributed by atoms with Crippen molar-refractivity contribution < 1.29 is 4.79 Å². The molecule has 0 atom stereocenters. The topological polar surface area (TPSA) is 32.3 Å². The predicted molar refractivity (Wildman–Crippen MR) is 79.0 cm³/mol. The fourth-order valence-corrected chi connectivity index (χ4v) is 2.93. The van der Waals surface area contributed by atoms with Crippen molar-refractivity contribution in [2.45, 2.75) is 64.8 Å². The van der Waals surface area contributed by atoms with Gasteiger partial charge in [-0.15, -0.1) is 0 Å². The van der Waals surface area contributed by atoms with Gasteiger partial charge in [-0.25, -0.2) is 0 Å². The van der Waals surface area contributed by atoms with Gasteiger partial charge in [-0.05, 0) is 50.5 Å². The first-order chi connectivity index (χ1) is 9.16. The minimum Gasteiger partial charge on any atom is -0.339 e. The average molecular weight is 266 g/mol. The van der Waals surface area contributed by atoms with Gasteiger partial charge in [0.1, 0.15) is 0 Å². The van der Waals surface area contributed by atoms with Gasteiger partial charge in [0, 0.05) is 12.6 Å². The molecule has 0 spiro atoms. The maximum atomic E-state index is 12.4. The van der Waals surface area contributed by atoms with Crippen LogP contribution in [0.2, 0.25) is 0 Å². The molecule has 19 heavy (non-hydrogen) atoms. The Hall–Kier alpha value is -0.570. The lowest BCUT2D eigenvalue weighted by Crippen LogP contribution is -2.44. The number of amides is 1. The fourth-order valence-electron chi connectivity index (χ4n) is 2.93. The first-order valence-electron chi connectivity index (χ1n) is 8.17. The molecule has 0 aromatic rings. The van der Waals surface area contributed by atoms with Gasteiger partial charge in [0.25, 0.3) is 0 Å². The van der Waals surface area contributed by atoms with E-state index < -0.39 is 0 Å². The Bertz CT molecular complexity index is 280. The Morgan fingerprint density at radius 2 is 1.89 bits per heavy atom. The van der Waals surface area contributed by atoms with Crippen LogP contribution in [0.5, 0.6) is 0 Å². The van der Waals surface area contributed by atoms with Crippen LogP contribution in [-0.2, 0) is 4.79 Å². The number of hydrogen-bond acceptors (Lipinski definition) is 2. The van der Waals surface area contributed by atoms with Crippen LogP contribution in [0.4, 0.5) is 0 Å². The second-order valence-electron chi connectivity index (χ2n) is 6.78. The van der Waals surface area contributed by atoms with Crippen molar-refractivity contribution in [3.05, 3.63) is 0 Å². The highest BCUT2D eigenvalue weighted by atomic mass is 16.2. The van der Waals surface area contributed by atoms with E-state index in [-0.39, 0.29) is 0 Å². The third kappa shape index (κ3) is 5.13. The van der Waals surface area contributed by atoms with Crippen LogP contribution >= 0.6 is 0 Å². The molecule has 2 aliphatic rings. The molecule has 0 heterocycles. The number of rotatable bonds is 8. The molecule has 3 nitrogen and oxygen atoms in total. The maximum absolute atomic E-state index is 12.4. The van der Waals surface area contributed by atoms with Crippen LogP contribution in [0.1, 0.15) is 58.8 Å². The zero-order valence-corrected chi connectivity index (χ0v) is 12.7. The Morgan fingerprint density at radius 3 is 2.47 bits per heavy atom. The van der Waals surface area contributed by atoms with E-state index in [1.54, 1.807) is 0 Å². The molecular weight excluding hydrogens is 236 g/mol. The van der Waals surface area contributed by atoms with Gasteiger partial charge in [-0.3, -0.25) is 4.79 Å². The van der Waals surface area contributed by atoms with Crippen LogP contribution in [0.15, 0.2) is 0 Å². The SMILES string of the molecule is CC(C)CCN(C(=O)CNCC1CC1)C1CCCC1. The quantitative estimate of drug-likeness (QED) is 0.732. The van der Waals surface area contributed by atoms with E-state index in [1.807, 2.05) is 0 Å². The number of hydrogen-bond donors (Lipinski definition) is 1. The summed E-state index contributed by atoms with van der Waals surface area (Å²) in [5.41, 5.74) is 0. The molecule has 0 bridgehead atoms. The van der Waals surface area contributed by atoms with Crippen molar-refractivity contribution in [3.63, 3.8) is 0 Å². The second kappa shape index (κ2) is 7.28. The van der Waals surface area contributed by atoms with Crippen molar-refractivity contribution in [1.29, 1.82) is 0 Å². The monoisotopic (exact) mass is 266 g/mol. The molecule has 110 valence electrons. The molecule has 0 radical (unpaired) electrons. The van der Waals surface area contributed by atoms with E-state index in [0.29, 0.717) is 24.4 Å². The lowest BCUT2D eigenvalue weighted by Gasteiger charge is -2.30. The van der Waals surface area contributed by atoms with E-state index in [9.17, 15) is 4.79 Å².